The summed E-state index contributed by atoms with van der Waals surface area (Å²) in [6, 6.07) is 19.9. The van der Waals surface area contributed by atoms with Gasteiger partial charge >= 0.3 is 0 Å². The average Bonchev–Trinajstić information content (AvgIpc) is 2.67. The first-order chi connectivity index (χ1) is 12.1. The third kappa shape index (κ3) is 6.37. The molecule has 0 atom stereocenters. The first-order valence-corrected chi connectivity index (χ1v) is 9.77. The molecule has 0 amide bonds. The number of rotatable bonds is 8. The van der Waals surface area contributed by atoms with Crippen LogP contribution in [0.5, 0.6) is 0 Å². The predicted octanol–water partition coefficient (Wildman–Crippen LogP) is 3.26. The van der Waals surface area contributed by atoms with E-state index < -0.39 is 0 Å². The molecule has 0 unspecified atom stereocenters. The molecule has 2 aromatic carbocycles. The summed E-state index contributed by atoms with van der Waals surface area (Å²) in [5.74, 6) is 1.48. The number of nitrogens with zero attached hydrogens (tertiary/aromatic N) is 2. The van der Waals surface area contributed by atoms with Crippen molar-refractivity contribution in [3.8, 4) is 0 Å². The van der Waals surface area contributed by atoms with Gasteiger partial charge < -0.3 is 10.0 Å². The summed E-state index contributed by atoms with van der Waals surface area (Å²) in [6.07, 6.45) is 0. The van der Waals surface area contributed by atoms with Gasteiger partial charge in [-0.05, 0) is 0 Å². The van der Waals surface area contributed by atoms with Crippen molar-refractivity contribution in [3.05, 3.63) is 71.8 Å². The zero-order chi connectivity index (χ0) is 18.1. The molecular formula is C18H22N4S3. The molecule has 2 N–H and O–H groups in total. The summed E-state index contributed by atoms with van der Waals surface area (Å²) >= 11 is 12.6. The molecule has 2 aromatic rings. The minimum Gasteiger partial charge on any atom is -0.300 e. The van der Waals surface area contributed by atoms with Gasteiger partial charge in [-0.2, -0.15) is 0 Å². The van der Waals surface area contributed by atoms with Crippen LogP contribution in [-0.2, 0) is 0 Å². The minimum absolute atomic E-state index is 0.739. The van der Waals surface area contributed by atoms with Crippen LogP contribution in [0.2, 0.25) is 0 Å². The summed E-state index contributed by atoms with van der Waals surface area (Å²) in [4.78, 5) is 1.55. The van der Waals surface area contributed by atoms with Crippen LogP contribution >= 0.6 is 36.2 Å². The van der Waals surface area contributed by atoms with Gasteiger partial charge in [0.1, 0.15) is 9.98 Å². The fraction of sp³-hybridized carbons (Fsp3) is 0.222. The van der Waals surface area contributed by atoms with Gasteiger partial charge in [-0.1, -0.05) is 85.1 Å². The Morgan fingerprint density at radius 3 is 1.48 bits per heavy atom. The molecule has 0 spiro atoms. The highest BCUT2D eigenvalue weighted by molar-refractivity contribution is 7.99. The van der Waals surface area contributed by atoms with E-state index in [1.54, 1.807) is 11.8 Å². The van der Waals surface area contributed by atoms with Crippen LogP contribution in [0.4, 0.5) is 0 Å². The Kier molecular flexibility index (Phi) is 8.30. The van der Waals surface area contributed by atoms with Gasteiger partial charge in [0.2, 0.25) is 0 Å². The maximum absolute atomic E-state index is 5.46. The van der Waals surface area contributed by atoms with Crippen molar-refractivity contribution < 1.29 is 0 Å². The second-order valence-electron chi connectivity index (χ2n) is 5.27. The molecule has 0 heterocycles. The number of benzene rings is 2. The second-order valence-corrected chi connectivity index (χ2v) is 7.03. The highest BCUT2D eigenvalue weighted by Crippen LogP contribution is 2.05. The van der Waals surface area contributed by atoms with Gasteiger partial charge in [-0.15, -0.1) is 11.8 Å². The zero-order valence-corrected chi connectivity index (χ0v) is 16.8. The van der Waals surface area contributed by atoms with Crippen molar-refractivity contribution >= 4 is 46.2 Å². The highest BCUT2D eigenvalue weighted by Gasteiger charge is 2.07. The molecular weight excluding hydrogens is 368 g/mol. The number of hydrogen-bond acceptors (Lipinski definition) is 5. The quantitative estimate of drug-likeness (QED) is 0.310. The van der Waals surface area contributed by atoms with Crippen LogP contribution in [0.1, 0.15) is 11.1 Å². The maximum Gasteiger partial charge on any atom is 0.123 e. The first-order valence-electron chi connectivity index (χ1n) is 7.80. The lowest BCUT2D eigenvalue weighted by atomic mass is 10.2. The van der Waals surface area contributed by atoms with Crippen LogP contribution < -0.4 is 10.9 Å². The van der Waals surface area contributed by atoms with Gasteiger partial charge in [0.15, 0.2) is 0 Å². The summed E-state index contributed by atoms with van der Waals surface area (Å²) in [6.45, 7) is 0. The number of nitrogens with one attached hydrogen (secondary N) is 2. The lowest BCUT2D eigenvalue weighted by Gasteiger charge is -2.23. The zero-order valence-electron chi connectivity index (χ0n) is 14.3. The molecule has 132 valence electrons. The third-order valence-electron chi connectivity index (χ3n) is 3.46. The van der Waals surface area contributed by atoms with E-state index in [-0.39, 0.29) is 0 Å². The normalized spacial score (nSPS) is 10.3. The van der Waals surface area contributed by atoms with E-state index in [9.17, 15) is 0 Å². The maximum atomic E-state index is 5.46. The topological polar surface area (TPSA) is 30.5 Å². The molecule has 4 nitrogen and oxygen atoms in total. The molecule has 0 fully saturated rings. The molecule has 0 aliphatic carbocycles. The van der Waals surface area contributed by atoms with Crippen LogP contribution in [0, 0.1) is 0 Å². The summed E-state index contributed by atoms with van der Waals surface area (Å²) < 4.78 is 0. The Balaban J connectivity index is 1.66. The van der Waals surface area contributed by atoms with Crippen molar-refractivity contribution in [3.63, 3.8) is 0 Å². The molecule has 0 bridgehead atoms. The Morgan fingerprint density at radius 1 is 0.760 bits per heavy atom. The van der Waals surface area contributed by atoms with E-state index in [0.29, 0.717) is 0 Å². The molecule has 0 aliphatic rings. The molecule has 2 rings (SSSR count). The van der Waals surface area contributed by atoms with Crippen molar-refractivity contribution in [2.24, 2.45) is 0 Å². The van der Waals surface area contributed by atoms with Gasteiger partial charge in [-0.25, -0.2) is 10.9 Å². The number of thiocarbonyl (C=S) groups is 2. The smallest absolute Gasteiger partial charge is 0.123 e. The lowest BCUT2D eigenvalue weighted by molar-refractivity contribution is 0.400. The van der Waals surface area contributed by atoms with Gasteiger partial charge in [0.25, 0.3) is 0 Å². The number of hydrogen-bond donors (Lipinski definition) is 2. The second kappa shape index (κ2) is 10.5. The largest absolute Gasteiger partial charge is 0.300 e. The number of thioether (sulfide) groups is 1. The Bertz CT molecular complexity index is 620. The molecule has 7 heteroatoms. The van der Waals surface area contributed by atoms with Gasteiger partial charge in [-0.3, -0.25) is 0 Å². The summed E-state index contributed by atoms with van der Waals surface area (Å²) in [5.41, 5.74) is 8.62. The molecule has 0 aromatic heterocycles. The van der Waals surface area contributed by atoms with Gasteiger partial charge in [0, 0.05) is 25.2 Å². The SMILES string of the molecule is CN(NCSCNN(C)C(=S)c1ccccc1)C(=S)c1ccccc1. The predicted molar refractivity (Wildman–Crippen MR) is 115 cm³/mol. The van der Waals surface area contributed by atoms with E-state index in [0.717, 1.165) is 32.9 Å². The Hall–Kier alpha value is -1.51. The number of hydrazine groups is 2. The first kappa shape index (κ1) is 19.8. The van der Waals surface area contributed by atoms with Crippen molar-refractivity contribution in [1.29, 1.82) is 0 Å². The van der Waals surface area contributed by atoms with Gasteiger partial charge in [0.05, 0.1) is 11.8 Å². The standard InChI is InChI=1S/C18H22N4S3/c1-21(17(23)15-9-5-3-6-10-15)19-13-25-14-20-22(2)18(24)16-11-7-4-8-12-16/h3-12,19-20H,13-14H2,1-2H3. The van der Waals surface area contributed by atoms with Crippen LogP contribution in [-0.4, -0.2) is 45.8 Å². The van der Waals surface area contributed by atoms with E-state index in [2.05, 4.69) is 10.9 Å². The summed E-state index contributed by atoms with van der Waals surface area (Å²) in [7, 11) is 3.86. The summed E-state index contributed by atoms with van der Waals surface area (Å²) in [5, 5.41) is 3.74. The van der Waals surface area contributed by atoms with Crippen molar-refractivity contribution in [1.82, 2.24) is 20.9 Å². The van der Waals surface area contributed by atoms with Crippen LogP contribution in [0.15, 0.2) is 60.7 Å². The fourth-order valence-electron chi connectivity index (χ4n) is 2.03. The molecule has 0 saturated heterocycles. The molecule has 0 aliphatic heterocycles. The van der Waals surface area contributed by atoms with Crippen LogP contribution in [0.25, 0.3) is 0 Å². The Labute approximate surface area is 164 Å². The van der Waals surface area contributed by atoms with E-state index in [1.807, 2.05) is 84.8 Å². The highest BCUT2D eigenvalue weighted by atomic mass is 32.2. The minimum atomic E-state index is 0.739. The monoisotopic (exact) mass is 390 g/mol. The van der Waals surface area contributed by atoms with E-state index in [4.69, 9.17) is 24.4 Å². The average molecular weight is 391 g/mol. The Morgan fingerprint density at radius 2 is 1.12 bits per heavy atom. The van der Waals surface area contributed by atoms with Crippen molar-refractivity contribution in [2.75, 3.05) is 25.8 Å². The van der Waals surface area contributed by atoms with Crippen molar-refractivity contribution in [2.45, 2.75) is 0 Å². The molecule has 25 heavy (non-hydrogen) atoms. The molecule has 0 radical (unpaired) electrons. The van der Waals surface area contributed by atoms with E-state index in [1.165, 1.54) is 0 Å². The van der Waals surface area contributed by atoms with E-state index >= 15 is 0 Å². The fourth-order valence-corrected chi connectivity index (χ4v) is 3.10. The molecule has 0 saturated carbocycles. The van der Waals surface area contributed by atoms with Crippen LogP contribution in [0.3, 0.4) is 0 Å². The lowest BCUT2D eigenvalue weighted by Crippen LogP contribution is -2.41. The third-order valence-corrected chi connectivity index (χ3v) is 5.14.